The van der Waals surface area contributed by atoms with Gasteiger partial charge in [0.1, 0.15) is 29.5 Å². The number of hydrogen-bond donors (Lipinski definition) is 2. The number of carbonyl (C=O) groups is 1. The molecule has 154 valence electrons. The molecule has 10 heteroatoms. The fraction of sp³-hybridized carbons (Fsp3) is 0.474. The molecule has 2 aromatic heterocycles. The minimum Gasteiger partial charge on any atom is -0.369 e. The second-order valence-electron chi connectivity index (χ2n) is 7.47. The zero-order valence-electron chi connectivity index (χ0n) is 15.8. The van der Waals surface area contributed by atoms with Crippen molar-refractivity contribution in [1.82, 2.24) is 20.3 Å². The summed E-state index contributed by atoms with van der Waals surface area (Å²) in [7, 11) is 0. The molecule has 29 heavy (non-hydrogen) atoms. The van der Waals surface area contributed by atoms with Gasteiger partial charge in [-0.25, -0.2) is 15.0 Å². The van der Waals surface area contributed by atoms with Crippen LogP contribution in [-0.4, -0.2) is 52.2 Å². The van der Waals surface area contributed by atoms with E-state index in [4.69, 9.17) is 0 Å². The third-order valence-corrected chi connectivity index (χ3v) is 5.52. The Labute approximate surface area is 165 Å². The molecule has 0 radical (unpaired) electrons. The van der Waals surface area contributed by atoms with E-state index < -0.39 is 24.2 Å². The lowest BCUT2D eigenvalue weighted by molar-refractivity contribution is -0.141. The zero-order chi connectivity index (χ0) is 20.6. The molecule has 2 unspecified atom stereocenters. The molecule has 2 atom stereocenters. The lowest BCUT2D eigenvalue weighted by Crippen LogP contribution is -2.55. The summed E-state index contributed by atoms with van der Waals surface area (Å²) < 4.78 is 37.6. The SMILES string of the molecule is CC1(C(=O)NCC(F)(F)F)CCCN1c1ccnc(C2CNc3ncccc32)n1. The van der Waals surface area contributed by atoms with E-state index in [2.05, 4.69) is 20.3 Å². The minimum atomic E-state index is -4.45. The Morgan fingerprint density at radius 2 is 2.17 bits per heavy atom. The van der Waals surface area contributed by atoms with E-state index in [0.29, 0.717) is 37.6 Å². The number of hydrogen-bond acceptors (Lipinski definition) is 6. The highest BCUT2D eigenvalue weighted by Crippen LogP contribution is 2.36. The Kier molecular flexibility index (Phi) is 4.79. The molecular weight excluding hydrogens is 385 g/mol. The molecular formula is C19H21F3N6O. The van der Waals surface area contributed by atoms with Crippen molar-refractivity contribution in [3.8, 4) is 0 Å². The molecule has 4 heterocycles. The summed E-state index contributed by atoms with van der Waals surface area (Å²) in [5.41, 5.74) is -0.0960. The number of fused-ring (bicyclic) bond motifs is 1. The van der Waals surface area contributed by atoms with Gasteiger partial charge in [0.05, 0.1) is 5.92 Å². The van der Waals surface area contributed by atoms with E-state index in [9.17, 15) is 18.0 Å². The molecule has 0 aromatic carbocycles. The number of nitrogens with one attached hydrogen (secondary N) is 2. The van der Waals surface area contributed by atoms with Gasteiger partial charge in [-0.3, -0.25) is 4.79 Å². The largest absolute Gasteiger partial charge is 0.405 e. The molecule has 2 aliphatic rings. The van der Waals surface area contributed by atoms with Gasteiger partial charge in [0.2, 0.25) is 5.91 Å². The second kappa shape index (κ2) is 7.16. The van der Waals surface area contributed by atoms with Crippen molar-refractivity contribution in [2.24, 2.45) is 0 Å². The highest BCUT2D eigenvalue weighted by molar-refractivity contribution is 5.90. The third kappa shape index (κ3) is 3.70. The first-order valence-corrected chi connectivity index (χ1v) is 9.42. The highest BCUT2D eigenvalue weighted by atomic mass is 19.4. The molecule has 1 saturated heterocycles. The summed E-state index contributed by atoms with van der Waals surface area (Å²) in [6.07, 6.45) is 0.0221. The number of pyridine rings is 1. The van der Waals surface area contributed by atoms with Gasteiger partial charge in [-0.15, -0.1) is 0 Å². The summed E-state index contributed by atoms with van der Waals surface area (Å²) in [6, 6.07) is 5.51. The van der Waals surface area contributed by atoms with Gasteiger partial charge >= 0.3 is 6.18 Å². The van der Waals surface area contributed by atoms with Crippen molar-refractivity contribution in [3.05, 3.63) is 42.0 Å². The number of amides is 1. The normalized spacial score (nSPS) is 23.6. The molecule has 2 aromatic rings. The lowest BCUT2D eigenvalue weighted by Gasteiger charge is -2.35. The number of alkyl halides is 3. The van der Waals surface area contributed by atoms with Gasteiger partial charge in [-0.05, 0) is 31.9 Å². The predicted octanol–water partition coefficient (Wildman–Crippen LogP) is 2.47. The first-order chi connectivity index (χ1) is 13.8. The lowest BCUT2D eigenvalue weighted by atomic mass is 9.97. The average Bonchev–Trinajstić information content (AvgIpc) is 3.30. The van der Waals surface area contributed by atoms with E-state index in [0.717, 1.165) is 11.4 Å². The van der Waals surface area contributed by atoms with Gasteiger partial charge in [0.15, 0.2) is 0 Å². The third-order valence-electron chi connectivity index (χ3n) is 5.52. The van der Waals surface area contributed by atoms with Crippen LogP contribution in [0.25, 0.3) is 0 Å². The molecule has 1 fully saturated rings. The Balaban J connectivity index is 1.58. The Bertz CT molecular complexity index is 921. The Hall–Kier alpha value is -2.91. The molecule has 1 amide bonds. The van der Waals surface area contributed by atoms with Crippen LogP contribution in [0.5, 0.6) is 0 Å². The highest BCUT2D eigenvalue weighted by Gasteiger charge is 2.45. The van der Waals surface area contributed by atoms with Crippen LogP contribution in [0, 0.1) is 0 Å². The fourth-order valence-corrected chi connectivity index (χ4v) is 4.01. The maximum Gasteiger partial charge on any atom is 0.405 e. The molecule has 2 N–H and O–H groups in total. The molecule has 0 saturated carbocycles. The molecule has 0 spiro atoms. The van der Waals surface area contributed by atoms with E-state index >= 15 is 0 Å². The molecule has 2 aliphatic heterocycles. The predicted molar refractivity (Wildman–Crippen MR) is 101 cm³/mol. The second-order valence-corrected chi connectivity index (χ2v) is 7.47. The molecule has 4 rings (SSSR count). The number of halogens is 3. The zero-order valence-corrected chi connectivity index (χ0v) is 15.8. The van der Waals surface area contributed by atoms with Crippen molar-refractivity contribution in [2.45, 2.75) is 37.4 Å². The summed E-state index contributed by atoms with van der Waals surface area (Å²) in [4.78, 5) is 27.7. The quantitative estimate of drug-likeness (QED) is 0.812. The van der Waals surface area contributed by atoms with E-state index in [1.54, 1.807) is 30.3 Å². The first-order valence-electron chi connectivity index (χ1n) is 9.42. The Morgan fingerprint density at radius 3 is 2.97 bits per heavy atom. The van der Waals surface area contributed by atoms with E-state index in [-0.39, 0.29) is 5.92 Å². The standard InChI is InChI=1S/C19H21F3N6O/c1-18(17(29)26-11-19(20,21)22)6-3-9-28(18)14-5-8-24-16(27-14)13-10-25-15-12(13)4-2-7-23-15/h2,4-5,7-8,13H,3,6,9-11H2,1H3,(H,23,25)(H,26,29). The van der Waals surface area contributed by atoms with Crippen LogP contribution < -0.4 is 15.5 Å². The molecule has 7 nitrogen and oxygen atoms in total. The van der Waals surface area contributed by atoms with Gasteiger partial charge in [0, 0.05) is 31.0 Å². The van der Waals surface area contributed by atoms with E-state index in [1.807, 2.05) is 17.4 Å². The number of anilines is 2. The van der Waals surface area contributed by atoms with Crippen molar-refractivity contribution in [1.29, 1.82) is 0 Å². The summed E-state index contributed by atoms with van der Waals surface area (Å²) in [5.74, 6) is 1.20. The Morgan fingerprint density at radius 1 is 1.34 bits per heavy atom. The minimum absolute atomic E-state index is 0.0773. The van der Waals surface area contributed by atoms with Gasteiger partial charge in [-0.2, -0.15) is 13.2 Å². The van der Waals surface area contributed by atoms with Crippen LogP contribution >= 0.6 is 0 Å². The number of nitrogens with zero attached hydrogens (tertiary/aromatic N) is 4. The van der Waals surface area contributed by atoms with E-state index in [1.165, 1.54) is 0 Å². The number of aromatic nitrogens is 3. The van der Waals surface area contributed by atoms with Gasteiger partial charge < -0.3 is 15.5 Å². The number of rotatable bonds is 4. The van der Waals surface area contributed by atoms with Crippen molar-refractivity contribution in [2.75, 3.05) is 29.9 Å². The maximum absolute atomic E-state index is 12.6. The van der Waals surface area contributed by atoms with Crippen LogP contribution in [0.4, 0.5) is 24.8 Å². The van der Waals surface area contributed by atoms with Crippen LogP contribution in [0.15, 0.2) is 30.6 Å². The van der Waals surface area contributed by atoms with Gasteiger partial charge in [-0.1, -0.05) is 6.07 Å². The summed E-state index contributed by atoms with van der Waals surface area (Å²) in [5, 5.41) is 5.25. The molecule has 0 bridgehead atoms. The van der Waals surface area contributed by atoms with Crippen molar-refractivity contribution >= 4 is 17.5 Å². The topological polar surface area (TPSA) is 83.0 Å². The summed E-state index contributed by atoms with van der Waals surface area (Å²) in [6.45, 7) is 1.46. The van der Waals surface area contributed by atoms with Crippen molar-refractivity contribution in [3.63, 3.8) is 0 Å². The first kappa shape index (κ1) is 19.4. The smallest absolute Gasteiger partial charge is 0.369 e. The van der Waals surface area contributed by atoms with Crippen molar-refractivity contribution < 1.29 is 18.0 Å². The monoisotopic (exact) mass is 406 g/mol. The van der Waals surface area contributed by atoms with Crippen LogP contribution in [0.1, 0.15) is 37.1 Å². The molecule has 0 aliphatic carbocycles. The van der Waals surface area contributed by atoms with Crippen LogP contribution in [0.2, 0.25) is 0 Å². The maximum atomic E-state index is 12.6. The number of carbonyl (C=O) groups excluding carboxylic acids is 1. The summed E-state index contributed by atoms with van der Waals surface area (Å²) >= 11 is 0. The van der Waals surface area contributed by atoms with Crippen LogP contribution in [0.3, 0.4) is 0 Å². The van der Waals surface area contributed by atoms with Gasteiger partial charge in [0.25, 0.3) is 0 Å². The van der Waals surface area contributed by atoms with Crippen LogP contribution in [-0.2, 0) is 4.79 Å². The fourth-order valence-electron chi connectivity index (χ4n) is 4.01. The average molecular weight is 406 g/mol.